The molecule has 0 radical (unpaired) electrons. The summed E-state index contributed by atoms with van der Waals surface area (Å²) in [7, 11) is 0. The highest BCUT2D eigenvalue weighted by atomic mass is 32.1. The molecule has 0 unspecified atom stereocenters. The van der Waals surface area contributed by atoms with E-state index in [0.29, 0.717) is 23.3 Å². The maximum atomic E-state index is 12.5. The molecule has 2 aromatic carbocycles. The van der Waals surface area contributed by atoms with Gasteiger partial charge in [0, 0.05) is 17.0 Å². The average Bonchev–Trinajstić information content (AvgIpc) is 2.81. The van der Waals surface area contributed by atoms with Crippen molar-refractivity contribution in [3.05, 3.63) is 65.7 Å². The number of nitrogens with one attached hydrogen (secondary N) is 1. The number of ether oxygens (including phenoxy) is 3. The van der Waals surface area contributed by atoms with E-state index in [9.17, 15) is 14.4 Å². The van der Waals surface area contributed by atoms with Gasteiger partial charge in [0.25, 0.3) is 5.91 Å². The van der Waals surface area contributed by atoms with Crippen LogP contribution < -0.4 is 10.1 Å². The van der Waals surface area contributed by atoms with Crippen LogP contribution in [-0.2, 0) is 14.3 Å². The quantitative estimate of drug-likeness (QED) is 0.348. The SMILES string of the molecule is C[C@@H](CCOC(=O)CS)[C@H](OC(=O)NC(=O)c1ccccc1)c1ccccc1OCCO. The lowest BCUT2D eigenvalue weighted by atomic mass is 9.94. The average molecular weight is 462 g/mol. The van der Waals surface area contributed by atoms with E-state index in [1.165, 1.54) is 0 Å². The molecule has 0 saturated carbocycles. The molecule has 2 atom stereocenters. The molecule has 2 amide bonds. The Morgan fingerprint density at radius 3 is 2.41 bits per heavy atom. The summed E-state index contributed by atoms with van der Waals surface area (Å²) >= 11 is 3.87. The van der Waals surface area contributed by atoms with E-state index in [1.807, 2.05) is 6.92 Å². The summed E-state index contributed by atoms with van der Waals surface area (Å²) in [5.74, 6) is -0.923. The Bertz CT molecular complexity index is 891. The van der Waals surface area contributed by atoms with Gasteiger partial charge in [-0.25, -0.2) is 4.79 Å². The number of hydrogen-bond donors (Lipinski definition) is 3. The van der Waals surface area contributed by atoms with Crippen LogP contribution in [0, 0.1) is 5.92 Å². The Hall–Kier alpha value is -3.04. The molecule has 0 spiro atoms. The van der Waals surface area contributed by atoms with Crippen molar-refractivity contribution in [1.82, 2.24) is 5.32 Å². The highest BCUT2D eigenvalue weighted by Gasteiger charge is 2.27. The van der Waals surface area contributed by atoms with Crippen LogP contribution in [0.15, 0.2) is 54.6 Å². The Morgan fingerprint density at radius 1 is 1.03 bits per heavy atom. The van der Waals surface area contributed by atoms with Gasteiger partial charge in [-0.15, -0.1) is 0 Å². The van der Waals surface area contributed by atoms with Crippen molar-refractivity contribution < 1.29 is 33.7 Å². The largest absolute Gasteiger partial charge is 0.491 e. The van der Waals surface area contributed by atoms with E-state index < -0.39 is 24.1 Å². The van der Waals surface area contributed by atoms with Gasteiger partial charge in [-0.2, -0.15) is 12.6 Å². The molecule has 0 aromatic heterocycles. The van der Waals surface area contributed by atoms with Crippen molar-refractivity contribution in [2.45, 2.75) is 19.4 Å². The van der Waals surface area contributed by atoms with Gasteiger partial charge in [-0.1, -0.05) is 43.3 Å². The molecule has 0 aliphatic rings. The zero-order valence-electron chi connectivity index (χ0n) is 17.7. The molecule has 0 saturated heterocycles. The van der Waals surface area contributed by atoms with Crippen LogP contribution in [0.1, 0.15) is 35.4 Å². The molecular formula is C23H27NO7S. The number of para-hydroxylation sites is 1. The third-order valence-electron chi connectivity index (χ3n) is 4.54. The molecular weight excluding hydrogens is 434 g/mol. The molecule has 2 aromatic rings. The van der Waals surface area contributed by atoms with Gasteiger partial charge in [0.05, 0.1) is 19.0 Å². The monoisotopic (exact) mass is 461 g/mol. The van der Waals surface area contributed by atoms with Gasteiger partial charge in [0.1, 0.15) is 18.5 Å². The molecule has 2 rings (SSSR count). The van der Waals surface area contributed by atoms with Crippen molar-refractivity contribution in [3.63, 3.8) is 0 Å². The molecule has 0 aliphatic heterocycles. The van der Waals surface area contributed by atoms with Gasteiger partial charge < -0.3 is 19.3 Å². The van der Waals surface area contributed by atoms with Crippen LogP contribution in [0.2, 0.25) is 0 Å². The van der Waals surface area contributed by atoms with Gasteiger partial charge in [0.15, 0.2) is 0 Å². The fraction of sp³-hybridized carbons (Fsp3) is 0.348. The number of benzene rings is 2. The Labute approximate surface area is 192 Å². The molecule has 32 heavy (non-hydrogen) atoms. The Balaban J connectivity index is 2.17. The molecule has 172 valence electrons. The van der Waals surface area contributed by atoms with Crippen LogP contribution in [0.25, 0.3) is 0 Å². The predicted octanol–water partition coefficient (Wildman–Crippen LogP) is 3.16. The van der Waals surface area contributed by atoms with E-state index in [2.05, 4.69) is 17.9 Å². The summed E-state index contributed by atoms with van der Waals surface area (Å²) in [5.41, 5.74) is 0.885. The molecule has 0 fully saturated rings. The topological polar surface area (TPSA) is 111 Å². The number of thiol groups is 1. The Kier molecular flexibility index (Phi) is 10.6. The number of imide groups is 1. The third kappa shape index (κ3) is 7.90. The molecule has 9 heteroatoms. The number of carbonyl (C=O) groups excluding carboxylic acids is 3. The second kappa shape index (κ2) is 13.4. The molecule has 2 N–H and O–H groups in total. The standard InChI is InChI=1S/C23H27NO7S/c1-16(11-13-30-20(26)15-32)21(18-9-5-6-10-19(18)29-14-12-25)31-23(28)24-22(27)17-7-3-2-4-8-17/h2-10,16,21,25,32H,11-15H2,1H3,(H,24,27,28)/t16-,21-/m0/s1. The minimum absolute atomic E-state index is 0.0316. The summed E-state index contributed by atoms with van der Waals surface area (Å²) in [6.07, 6.45) is -1.33. The van der Waals surface area contributed by atoms with E-state index in [1.54, 1.807) is 54.6 Å². The summed E-state index contributed by atoms with van der Waals surface area (Å²) in [6, 6.07) is 15.2. The lowest BCUT2D eigenvalue weighted by Gasteiger charge is -2.26. The van der Waals surface area contributed by atoms with Crippen molar-refractivity contribution in [2.75, 3.05) is 25.6 Å². The summed E-state index contributed by atoms with van der Waals surface area (Å²) in [5, 5.41) is 11.3. The van der Waals surface area contributed by atoms with Gasteiger partial charge >= 0.3 is 12.1 Å². The Morgan fingerprint density at radius 2 is 1.72 bits per heavy atom. The first-order valence-electron chi connectivity index (χ1n) is 10.1. The first-order chi connectivity index (χ1) is 15.5. The molecule has 0 heterocycles. The summed E-state index contributed by atoms with van der Waals surface area (Å²) in [4.78, 5) is 36.2. The number of alkyl carbamates (subject to hydrolysis) is 1. The van der Waals surface area contributed by atoms with E-state index >= 15 is 0 Å². The van der Waals surface area contributed by atoms with Gasteiger partial charge in [-0.3, -0.25) is 14.9 Å². The maximum absolute atomic E-state index is 12.5. The van der Waals surface area contributed by atoms with Crippen molar-refractivity contribution >= 4 is 30.6 Å². The smallest absolute Gasteiger partial charge is 0.414 e. The second-order valence-electron chi connectivity index (χ2n) is 6.90. The first kappa shape index (κ1) is 25.2. The zero-order chi connectivity index (χ0) is 23.3. The van der Waals surface area contributed by atoms with Crippen LogP contribution in [-0.4, -0.2) is 48.6 Å². The number of esters is 1. The maximum Gasteiger partial charge on any atom is 0.414 e. The zero-order valence-corrected chi connectivity index (χ0v) is 18.6. The highest BCUT2D eigenvalue weighted by molar-refractivity contribution is 7.81. The highest BCUT2D eigenvalue weighted by Crippen LogP contribution is 2.34. The number of aliphatic hydroxyl groups is 1. The van der Waals surface area contributed by atoms with Crippen LogP contribution in [0.3, 0.4) is 0 Å². The fourth-order valence-corrected chi connectivity index (χ4v) is 3.03. The molecule has 8 nitrogen and oxygen atoms in total. The van der Waals surface area contributed by atoms with E-state index in [-0.39, 0.29) is 31.5 Å². The minimum atomic E-state index is -0.917. The second-order valence-corrected chi connectivity index (χ2v) is 7.22. The minimum Gasteiger partial charge on any atom is -0.491 e. The summed E-state index contributed by atoms with van der Waals surface area (Å²) < 4.78 is 16.3. The van der Waals surface area contributed by atoms with Crippen molar-refractivity contribution in [1.29, 1.82) is 0 Å². The van der Waals surface area contributed by atoms with Crippen molar-refractivity contribution in [3.8, 4) is 5.75 Å². The van der Waals surface area contributed by atoms with E-state index in [0.717, 1.165) is 0 Å². The molecule has 0 bridgehead atoms. The number of hydrogen-bond acceptors (Lipinski definition) is 8. The van der Waals surface area contributed by atoms with E-state index in [4.69, 9.17) is 19.3 Å². The van der Waals surface area contributed by atoms with Gasteiger partial charge in [0.2, 0.25) is 0 Å². The number of amides is 2. The van der Waals surface area contributed by atoms with Crippen LogP contribution >= 0.6 is 12.6 Å². The lowest BCUT2D eigenvalue weighted by Crippen LogP contribution is -2.33. The van der Waals surface area contributed by atoms with Crippen LogP contribution in [0.4, 0.5) is 4.79 Å². The van der Waals surface area contributed by atoms with Gasteiger partial charge in [-0.05, 0) is 24.6 Å². The number of carbonyl (C=O) groups is 3. The van der Waals surface area contributed by atoms with Crippen molar-refractivity contribution in [2.24, 2.45) is 5.92 Å². The van der Waals surface area contributed by atoms with Crippen LogP contribution in [0.5, 0.6) is 5.75 Å². The molecule has 0 aliphatic carbocycles. The predicted molar refractivity (Wildman–Crippen MR) is 121 cm³/mol. The summed E-state index contributed by atoms with van der Waals surface area (Å²) in [6.45, 7) is 1.83. The number of rotatable bonds is 11. The number of aliphatic hydroxyl groups excluding tert-OH is 1. The third-order valence-corrected chi connectivity index (χ3v) is 4.80. The fourth-order valence-electron chi connectivity index (χ4n) is 2.94. The normalized spacial score (nSPS) is 12.3. The lowest BCUT2D eigenvalue weighted by molar-refractivity contribution is -0.141. The first-order valence-corrected chi connectivity index (χ1v) is 10.8.